The molecule has 1 atom stereocenters. The molecular formula is C18H22N4O2S. The lowest BCUT2D eigenvalue weighted by Crippen LogP contribution is -2.33. The maximum atomic E-state index is 12.7. The van der Waals surface area contributed by atoms with Crippen LogP contribution in [0.25, 0.3) is 4.96 Å². The van der Waals surface area contributed by atoms with Gasteiger partial charge in [0.05, 0.1) is 18.7 Å². The normalized spacial score (nSPS) is 12.5. The van der Waals surface area contributed by atoms with E-state index in [2.05, 4.69) is 29.2 Å². The van der Waals surface area contributed by atoms with Crippen LogP contribution in [0.2, 0.25) is 0 Å². The Morgan fingerprint density at radius 2 is 2.08 bits per heavy atom. The van der Waals surface area contributed by atoms with Gasteiger partial charge in [-0.1, -0.05) is 26.0 Å². The van der Waals surface area contributed by atoms with Crippen LogP contribution in [0.3, 0.4) is 0 Å². The van der Waals surface area contributed by atoms with E-state index in [1.54, 1.807) is 24.8 Å². The summed E-state index contributed by atoms with van der Waals surface area (Å²) in [6, 6.07) is 7.71. The van der Waals surface area contributed by atoms with E-state index in [-0.39, 0.29) is 17.7 Å². The number of fused-ring (bicyclic) bond motifs is 1. The van der Waals surface area contributed by atoms with E-state index in [1.165, 1.54) is 0 Å². The summed E-state index contributed by atoms with van der Waals surface area (Å²) in [6.07, 6.45) is 2.27. The molecule has 0 aliphatic rings. The minimum atomic E-state index is -0.181. The third-order valence-corrected chi connectivity index (χ3v) is 5.07. The first kappa shape index (κ1) is 17.4. The highest BCUT2D eigenvalue weighted by Gasteiger charge is 2.24. The average Bonchev–Trinajstić information content (AvgIpc) is 3.20. The topological polar surface area (TPSA) is 68.5 Å². The molecule has 0 radical (unpaired) electrons. The van der Waals surface area contributed by atoms with Crippen LogP contribution in [0.5, 0.6) is 5.75 Å². The molecule has 2 aromatic heterocycles. The molecule has 2 heterocycles. The van der Waals surface area contributed by atoms with Gasteiger partial charge in [-0.3, -0.25) is 4.79 Å². The number of hydrogen-bond acceptors (Lipinski definition) is 5. The second-order valence-corrected chi connectivity index (χ2v) is 7.05. The molecule has 0 bridgehead atoms. The van der Waals surface area contributed by atoms with Crippen LogP contribution in [-0.2, 0) is 11.2 Å². The van der Waals surface area contributed by atoms with Crippen LogP contribution in [-0.4, -0.2) is 34.2 Å². The Morgan fingerprint density at radius 3 is 2.76 bits per heavy atom. The molecule has 25 heavy (non-hydrogen) atoms. The quantitative estimate of drug-likeness (QED) is 0.705. The number of thiazole rings is 1. The van der Waals surface area contributed by atoms with Crippen LogP contribution >= 0.6 is 11.3 Å². The minimum absolute atomic E-state index is 0.0465. The van der Waals surface area contributed by atoms with Crippen molar-refractivity contribution in [3.8, 4) is 5.75 Å². The number of amides is 1. The number of carbonyl (C=O) groups excluding carboxylic acids is 1. The Kier molecular flexibility index (Phi) is 5.33. The van der Waals surface area contributed by atoms with Crippen LogP contribution < -0.4 is 10.1 Å². The molecule has 3 aromatic rings. The number of carbonyl (C=O) groups is 1. The van der Waals surface area contributed by atoms with E-state index in [9.17, 15) is 4.79 Å². The molecule has 6 nitrogen and oxygen atoms in total. The number of aromatic nitrogens is 3. The summed E-state index contributed by atoms with van der Waals surface area (Å²) in [5, 5.41) is 9.29. The average molecular weight is 358 g/mol. The van der Waals surface area contributed by atoms with Crippen LogP contribution in [0.15, 0.2) is 36.0 Å². The molecule has 1 amide bonds. The molecule has 3 rings (SSSR count). The first-order chi connectivity index (χ1) is 12.1. The lowest BCUT2D eigenvalue weighted by atomic mass is 9.87. The molecule has 0 saturated heterocycles. The van der Waals surface area contributed by atoms with Gasteiger partial charge in [-0.2, -0.15) is 5.10 Å². The van der Waals surface area contributed by atoms with Crippen molar-refractivity contribution in [2.75, 3.05) is 13.7 Å². The molecule has 1 unspecified atom stereocenters. The van der Waals surface area contributed by atoms with Crippen molar-refractivity contribution in [2.45, 2.75) is 26.2 Å². The van der Waals surface area contributed by atoms with Crippen LogP contribution in [0.4, 0.5) is 0 Å². The minimum Gasteiger partial charge on any atom is -0.497 e. The van der Waals surface area contributed by atoms with Crippen molar-refractivity contribution in [1.29, 1.82) is 0 Å². The highest BCUT2D eigenvalue weighted by Crippen LogP contribution is 2.26. The summed E-state index contributed by atoms with van der Waals surface area (Å²) in [5.74, 6) is 0.863. The molecule has 0 fully saturated rings. The summed E-state index contributed by atoms with van der Waals surface area (Å²) in [7, 11) is 1.64. The van der Waals surface area contributed by atoms with Gasteiger partial charge in [0.15, 0.2) is 0 Å². The lowest BCUT2D eigenvalue weighted by molar-refractivity contribution is -0.123. The zero-order chi connectivity index (χ0) is 17.8. The van der Waals surface area contributed by atoms with Gasteiger partial charge in [0.1, 0.15) is 12.1 Å². The predicted molar refractivity (Wildman–Crippen MR) is 98.2 cm³/mol. The number of ether oxygens (including phenoxy) is 1. The fourth-order valence-electron chi connectivity index (χ4n) is 2.92. The van der Waals surface area contributed by atoms with Crippen LogP contribution in [0, 0.1) is 5.92 Å². The molecule has 132 valence electrons. The van der Waals surface area contributed by atoms with Gasteiger partial charge < -0.3 is 10.1 Å². The summed E-state index contributed by atoms with van der Waals surface area (Å²) in [6.45, 7) is 4.70. The highest BCUT2D eigenvalue weighted by molar-refractivity contribution is 7.15. The molecule has 0 aliphatic heterocycles. The van der Waals surface area contributed by atoms with E-state index < -0.39 is 0 Å². The van der Waals surface area contributed by atoms with Gasteiger partial charge >= 0.3 is 0 Å². The number of rotatable bonds is 7. The maximum Gasteiger partial charge on any atom is 0.227 e. The monoisotopic (exact) mass is 358 g/mol. The molecule has 1 N–H and O–H groups in total. The van der Waals surface area contributed by atoms with Crippen molar-refractivity contribution in [2.24, 2.45) is 5.92 Å². The second kappa shape index (κ2) is 7.65. The lowest BCUT2D eigenvalue weighted by Gasteiger charge is -2.21. The third-order valence-electron chi connectivity index (χ3n) is 4.19. The fourth-order valence-corrected chi connectivity index (χ4v) is 3.75. The number of nitrogens with one attached hydrogen (secondary N) is 1. The molecule has 7 heteroatoms. The Balaban J connectivity index is 1.63. The summed E-state index contributed by atoms with van der Waals surface area (Å²) < 4.78 is 7.01. The van der Waals surface area contributed by atoms with Gasteiger partial charge in [-0.15, -0.1) is 11.3 Å². The Morgan fingerprint density at radius 1 is 1.32 bits per heavy atom. The van der Waals surface area contributed by atoms with Crippen molar-refractivity contribution >= 4 is 22.2 Å². The smallest absolute Gasteiger partial charge is 0.227 e. The number of nitrogens with zero attached hydrogens (tertiary/aromatic N) is 3. The molecule has 0 spiro atoms. The Hall–Kier alpha value is -2.41. The van der Waals surface area contributed by atoms with Crippen molar-refractivity contribution in [3.63, 3.8) is 0 Å². The van der Waals surface area contributed by atoms with Gasteiger partial charge in [-0.25, -0.2) is 9.50 Å². The highest BCUT2D eigenvalue weighted by atomic mass is 32.1. The predicted octanol–water partition coefficient (Wildman–Crippen LogP) is 2.90. The molecular weight excluding hydrogens is 336 g/mol. The summed E-state index contributed by atoms with van der Waals surface area (Å²) in [4.78, 5) is 17.7. The zero-order valence-electron chi connectivity index (χ0n) is 14.6. The van der Waals surface area contributed by atoms with E-state index >= 15 is 0 Å². The third kappa shape index (κ3) is 3.82. The van der Waals surface area contributed by atoms with Crippen molar-refractivity contribution in [3.05, 3.63) is 47.2 Å². The number of hydrogen-bond donors (Lipinski definition) is 1. The molecule has 0 aliphatic carbocycles. The fraction of sp³-hybridized carbons (Fsp3) is 0.389. The first-order valence-corrected chi connectivity index (χ1v) is 9.16. The Labute approximate surface area is 150 Å². The standard InChI is InChI=1S/C18H22N4O2S/c1-12(2)16(13-4-6-15(24-3)7-5-13)17(23)19-9-8-14-10-25-18-20-11-21-22(14)18/h4-7,10-12,16H,8-9H2,1-3H3,(H,19,23). The van der Waals surface area contributed by atoms with Gasteiger partial charge in [0, 0.05) is 18.3 Å². The van der Waals surface area contributed by atoms with Crippen LogP contribution in [0.1, 0.15) is 31.0 Å². The van der Waals surface area contributed by atoms with Gasteiger partial charge in [-0.05, 0) is 23.6 Å². The molecule has 1 aromatic carbocycles. The molecule has 0 saturated carbocycles. The summed E-state index contributed by atoms with van der Waals surface area (Å²) in [5.41, 5.74) is 2.06. The Bertz CT molecular complexity index is 838. The largest absolute Gasteiger partial charge is 0.497 e. The van der Waals surface area contributed by atoms with Crippen molar-refractivity contribution < 1.29 is 9.53 Å². The summed E-state index contributed by atoms with van der Waals surface area (Å²) >= 11 is 1.56. The second-order valence-electron chi connectivity index (χ2n) is 6.22. The van der Waals surface area contributed by atoms with Crippen molar-refractivity contribution in [1.82, 2.24) is 19.9 Å². The van der Waals surface area contributed by atoms with E-state index in [1.807, 2.05) is 34.2 Å². The van der Waals surface area contributed by atoms with E-state index in [0.717, 1.165) is 28.4 Å². The SMILES string of the molecule is COc1ccc(C(C(=O)NCCc2csc3ncnn23)C(C)C)cc1. The maximum absolute atomic E-state index is 12.7. The number of benzene rings is 1. The zero-order valence-corrected chi connectivity index (χ0v) is 15.4. The van der Waals surface area contributed by atoms with Gasteiger partial charge in [0.2, 0.25) is 10.9 Å². The van der Waals surface area contributed by atoms with E-state index in [0.29, 0.717) is 6.54 Å². The first-order valence-electron chi connectivity index (χ1n) is 8.28. The van der Waals surface area contributed by atoms with E-state index in [4.69, 9.17) is 4.74 Å². The van der Waals surface area contributed by atoms with Gasteiger partial charge in [0.25, 0.3) is 0 Å². The number of methoxy groups -OCH3 is 1.